The first-order valence-corrected chi connectivity index (χ1v) is 7.52. The van der Waals surface area contributed by atoms with Crippen LogP contribution >= 0.6 is 0 Å². The van der Waals surface area contributed by atoms with Gasteiger partial charge in [-0.1, -0.05) is 41.6 Å². The van der Waals surface area contributed by atoms with Gasteiger partial charge in [-0.25, -0.2) is 13.1 Å². The summed E-state index contributed by atoms with van der Waals surface area (Å²) in [5.41, 5.74) is 0. The van der Waals surface area contributed by atoms with Gasteiger partial charge in [0.25, 0.3) is 0 Å². The van der Waals surface area contributed by atoms with Crippen molar-refractivity contribution in [2.45, 2.75) is 11.4 Å². The van der Waals surface area contributed by atoms with Gasteiger partial charge in [-0.2, -0.15) is 0 Å². The third-order valence-electron chi connectivity index (χ3n) is 2.97. The minimum Gasteiger partial charge on any atom is -0.360 e. The lowest BCUT2D eigenvalue weighted by atomic mass is 10.1. The fraction of sp³-hybridized carbons (Fsp3) is 0.0714. The number of fused-ring (bicyclic) bond motifs is 1. The van der Waals surface area contributed by atoms with Crippen LogP contribution < -0.4 is 4.72 Å². The Morgan fingerprint density at radius 2 is 1.85 bits per heavy atom. The number of hydrogen-bond acceptors (Lipinski definition) is 4. The van der Waals surface area contributed by atoms with Crippen molar-refractivity contribution in [2.75, 3.05) is 0 Å². The number of nitrogens with zero attached hydrogens (tertiary/aromatic N) is 1. The van der Waals surface area contributed by atoms with Crippen LogP contribution in [0.1, 0.15) is 5.76 Å². The molecule has 2 aromatic carbocycles. The van der Waals surface area contributed by atoms with Gasteiger partial charge in [-0.15, -0.1) is 0 Å². The van der Waals surface area contributed by atoms with Gasteiger partial charge in [0, 0.05) is 11.5 Å². The van der Waals surface area contributed by atoms with E-state index >= 15 is 0 Å². The number of sulfonamides is 1. The van der Waals surface area contributed by atoms with Crippen molar-refractivity contribution in [1.29, 1.82) is 0 Å². The Bertz CT molecular complexity index is 821. The average Bonchev–Trinajstić information content (AvgIpc) is 2.98. The van der Waals surface area contributed by atoms with Gasteiger partial charge in [-0.05, 0) is 11.5 Å². The largest absolute Gasteiger partial charge is 0.360 e. The molecule has 6 heteroatoms. The Hall–Kier alpha value is -2.18. The third kappa shape index (κ3) is 2.43. The zero-order valence-corrected chi connectivity index (χ0v) is 11.3. The maximum absolute atomic E-state index is 12.4. The normalized spacial score (nSPS) is 11.8. The van der Waals surface area contributed by atoms with E-state index in [9.17, 15) is 8.42 Å². The fourth-order valence-corrected chi connectivity index (χ4v) is 3.23. The van der Waals surface area contributed by atoms with Crippen molar-refractivity contribution in [1.82, 2.24) is 9.88 Å². The highest BCUT2D eigenvalue weighted by atomic mass is 32.2. The van der Waals surface area contributed by atoms with Gasteiger partial charge in [0.1, 0.15) is 0 Å². The molecule has 0 aliphatic rings. The van der Waals surface area contributed by atoms with E-state index in [2.05, 4.69) is 9.88 Å². The molecular weight excluding hydrogens is 276 g/mol. The van der Waals surface area contributed by atoms with E-state index < -0.39 is 10.0 Å². The standard InChI is InChI=1S/C14H12N2O3S/c17-20(18,16-10-12-8-9-15-19-12)14-7-3-5-11-4-1-2-6-13(11)14/h1-9,16H,10H2. The summed E-state index contributed by atoms with van der Waals surface area (Å²) >= 11 is 0. The smallest absolute Gasteiger partial charge is 0.241 e. The van der Waals surface area contributed by atoms with Crippen LogP contribution in [0.4, 0.5) is 0 Å². The second-order valence-corrected chi connectivity index (χ2v) is 6.02. The molecule has 0 aliphatic carbocycles. The molecule has 1 heterocycles. The first-order valence-electron chi connectivity index (χ1n) is 6.04. The van der Waals surface area contributed by atoms with Gasteiger partial charge in [0.05, 0.1) is 17.6 Å². The van der Waals surface area contributed by atoms with Crippen LogP contribution in [0.3, 0.4) is 0 Å². The second-order valence-electron chi connectivity index (χ2n) is 4.28. The second kappa shape index (κ2) is 5.07. The molecule has 0 radical (unpaired) electrons. The highest BCUT2D eigenvalue weighted by Crippen LogP contribution is 2.22. The van der Waals surface area contributed by atoms with Crippen molar-refractivity contribution in [3.8, 4) is 0 Å². The molecule has 102 valence electrons. The van der Waals surface area contributed by atoms with Crippen LogP contribution in [-0.4, -0.2) is 13.6 Å². The molecule has 0 unspecified atom stereocenters. The van der Waals surface area contributed by atoms with Gasteiger partial charge in [0.15, 0.2) is 5.76 Å². The van der Waals surface area contributed by atoms with Gasteiger partial charge in [0.2, 0.25) is 10.0 Å². The summed E-state index contributed by atoms with van der Waals surface area (Å²) in [4.78, 5) is 0.259. The lowest BCUT2D eigenvalue weighted by molar-refractivity contribution is 0.380. The summed E-state index contributed by atoms with van der Waals surface area (Å²) < 4.78 is 32.1. The molecule has 1 aromatic heterocycles. The van der Waals surface area contributed by atoms with Gasteiger partial charge < -0.3 is 4.52 Å². The molecule has 3 aromatic rings. The van der Waals surface area contributed by atoms with Crippen molar-refractivity contribution >= 4 is 20.8 Å². The number of nitrogens with one attached hydrogen (secondary N) is 1. The van der Waals surface area contributed by atoms with Crippen LogP contribution in [0.15, 0.2) is 64.1 Å². The molecule has 0 aliphatic heterocycles. The molecule has 3 rings (SSSR count). The molecule has 5 nitrogen and oxygen atoms in total. The van der Waals surface area contributed by atoms with Crippen LogP contribution in [0, 0.1) is 0 Å². The van der Waals surface area contributed by atoms with Gasteiger partial charge >= 0.3 is 0 Å². The zero-order valence-electron chi connectivity index (χ0n) is 10.5. The summed E-state index contributed by atoms with van der Waals surface area (Å²) in [5, 5.41) is 5.11. The molecule has 0 bridgehead atoms. The van der Waals surface area contributed by atoms with Crippen LogP contribution in [-0.2, 0) is 16.6 Å². The van der Waals surface area contributed by atoms with E-state index in [1.54, 1.807) is 24.3 Å². The van der Waals surface area contributed by atoms with Crippen molar-refractivity contribution < 1.29 is 12.9 Å². The Kier molecular flexibility index (Phi) is 3.25. The first-order chi connectivity index (χ1) is 9.67. The first kappa shape index (κ1) is 12.8. The Balaban J connectivity index is 1.97. The van der Waals surface area contributed by atoms with Crippen LogP contribution in [0.25, 0.3) is 10.8 Å². The van der Waals surface area contributed by atoms with E-state index in [1.807, 2.05) is 24.3 Å². The monoisotopic (exact) mass is 288 g/mol. The summed E-state index contributed by atoms with van der Waals surface area (Å²) in [6.45, 7) is 0.0750. The Morgan fingerprint density at radius 1 is 1.05 bits per heavy atom. The summed E-state index contributed by atoms with van der Waals surface area (Å²) in [5.74, 6) is 0.466. The highest BCUT2D eigenvalue weighted by Gasteiger charge is 2.17. The number of aromatic nitrogens is 1. The fourth-order valence-electron chi connectivity index (χ4n) is 2.01. The minimum atomic E-state index is -3.60. The van der Waals surface area contributed by atoms with Crippen molar-refractivity contribution in [2.24, 2.45) is 0 Å². The van der Waals surface area contributed by atoms with E-state index in [1.165, 1.54) is 6.20 Å². The molecule has 0 saturated heterocycles. The number of benzene rings is 2. The molecule has 0 fully saturated rings. The maximum Gasteiger partial charge on any atom is 0.241 e. The quantitative estimate of drug-likeness (QED) is 0.799. The molecule has 20 heavy (non-hydrogen) atoms. The lowest BCUT2D eigenvalue weighted by Crippen LogP contribution is -2.23. The van der Waals surface area contributed by atoms with E-state index in [4.69, 9.17) is 4.52 Å². The van der Waals surface area contributed by atoms with Crippen molar-refractivity contribution in [3.05, 3.63) is 60.5 Å². The Morgan fingerprint density at radius 3 is 2.65 bits per heavy atom. The molecule has 0 atom stereocenters. The topological polar surface area (TPSA) is 72.2 Å². The maximum atomic E-state index is 12.4. The number of hydrogen-bond donors (Lipinski definition) is 1. The molecule has 0 spiro atoms. The summed E-state index contributed by atoms with van der Waals surface area (Å²) in [6, 6.07) is 14.2. The summed E-state index contributed by atoms with van der Waals surface area (Å²) in [7, 11) is -3.60. The van der Waals surface area contributed by atoms with Crippen molar-refractivity contribution in [3.63, 3.8) is 0 Å². The summed E-state index contributed by atoms with van der Waals surface area (Å²) in [6.07, 6.45) is 1.47. The Labute approximate surface area is 116 Å². The molecule has 1 N–H and O–H groups in total. The predicted octanol–water partition coefficient (Wildman–Crippen LogP) is 2.31. The van der Waals surface area contributed by atoms with E-state index in [-0.39, 0.29) is 11.4 Å². The number of rotatable bonds is 4. The average molecular weight is 288 g/mol. The SMILES string of the molecule is O=S(=O)(NCc1ccno1)c1cccc2ccccc12. The third-order valence-corrected chi connectivity index (χ3v) is 4.43. The molecular formula is C14H12N2O3S. The van der Waals surface area contributed by atoms with E-state index in [0.717, 1.165) is 5.39 Å². The van der Waals surface area contributed by atoms with Crippen LogP contribution in [0.5, 0.6) is 0 Å². The predicted molar refractivity (Wildman–Crippen MR) is 74.5 cm³/mol. The molecule has 0 amide bonds. The lowest BCUT2D eigenvalue weighted by Gasteiger charge is -2.08. The minimum absolute atomic E-state index is 0.0750. The van der Waals surface area contributed by atoms with Crippen LogP contribution in [0.2, 0.25) is 0 Å². The molecule has 0 saturated carbocycles. The highest BCUT2D eigenvalue weighted by molar-refractivity contribution is 7.89. The zero-order chi connectivity index (χ0) is 14.0. The van der Waals surface area contributed by atoms with E-state index in [0.29, 0.717) is 11.1 Å². The van der Waals surface area contributed by atoms with Gasteiger partial charge in [-0.3, -0.25) is 0 Å².